The molecule has 1 aliphatic heterocycles. The number of nitrogens with two attached hydrogens (primary N) is 1. The van der Waals surface area contributed by atoms with E-state index < -0.39 is 0 Å². The predicted molar refractivity (Wildman–Crippen MR) is 86.0 cm³/mol. The molecule has 0 radical (unpaired) electrons. The zero-order chi connectivity index (χ0) is 16.8. The summed E-state index contributed by atoms with van der Waals surface area (Å²) in [5, 5.41) is 2.78. The van der Waals surface area contributed by atoms with Crippen LogP contribution in [0.4, 0.5) is 10.6 Å². The number of carbonyl (C=O) groups excluding carboxylic acids is 2. The number of nitrogens with zero attached hydrogens (tertiary/aromatic N) is 3. The van der Waals surface area contributed by atoms with Crippen LogP contribution < -0.4 is 11.1 Å². The fourth-order valence-corrected chi connectivity index (χ4v) is 2.42. The average Bonchev–Trinajstić information content (AvgIpc) is 2.49. The topological polar surface area (TPSA) is 101 Å². The maximum Gasteiger partial charge on any atom is 0.323 e. The Hall–Kier alpha value is -2.19. The van der Waals surface area contributed by atoms with Crippen molar-refractivity contribution in [1.29, 1.82) is 0 Å². The molecule has 3 amide bonds. The summed E-state index contributed by atoms with van der Waals surface area (Å²) in [6.45, 7) is 4.08. The lowest BCUT2D eigenvalue weighted by Crippen LogP contribution is -2.51. The highest BCUT2D eigenvalue weighted by molar-refractivity contribution is 5.88. The minimum atomic E-state index is -0.386. The van der Waals surface area contributed by atoms with Crippen LogP contribution in [0.5, 0.6) is 0 Å². The number of rotatable bonds is 5. The lowest BCUT2D eigenvalue weighted by molar-refractivity contribution is -0.119. The van der Waals surface area contributed by atoms with Gasteiger partial charge >= 0.3 is 6.03 Å². The first kappa shape index (κ1) is 17.2. The Kier molecular flexibility index (Phi) is 5.89. The van der Waals surface area contributed by atoms with Crippen LogP contribution in [0.1, 0.15) is 5.56 Å². The summed E-state index contributed by atoms with van der Waals surface area (Å²) in [5.74, 6) is 0.137. The lowest BCUT2D eigenvalue weighted by Gasteiger charge is -2.34. The van der Waals surface area contributed by atoms with Gasteiger partial charge in [0.1, 0.15) is 5.82 Å². The van der Waals surface area contributed by atoms with E-state index >= 15 is 0 Å². The summed E-state index contributed by atoms with van der Waals surface area (Å²) < 4.78 is 5.65. The zero-order valence-electron chi connectivity index (χ0n) is 13.5. The standard InChI is InChI=1S/C15H23N5O3/c1-11-3-4-14(17-7-11)18-15(22)20-5-6-23-12(9-20)8-19(2)10-13(16)21/h3-4,7,12H,5-6,8-10H2,1-2H3,(H2,16,21)(H,17,18,22)/t12-/m0/s1. The van der Waals surface area contributed by atoms with Crippen molar-refractivity contribution in [2.75, 3.05) is 45.2 Å². The second kappa shape index (κ2) is 7.89. The van der Waals surface area contributed by atoms with Crippen molar-refractivity contribution in [2.45, 2.75) is 13.0 Å². The van der Waals surface area contributed by atoms with Crippen LogP contribution in [0.3, 0.4) is 0 Å². The third kappa shape index (κ3) is 5.50. The third-order valence-corrected chi connectivity index (χ3v) is 3.51. The smallest absolute Gasteiger partial charge is 0.323 e. The van der Waals surface area contributed by atoms with Crippen LogP contribution in [-0.4, -0.2) is 72.7 Å². The molecular formula is C15H23N5O3. The molecule has 0 bridgehead atoms. The van der Waals surface area contributed by atoms with Gasteiger partial charge in [0.25, 0.3) is 0 Å². The van der Waals surface area contributed by atoms with Gasteiger partial charge in [-0.25, -0.2) is 9.78 Å². The molecule has 0 saturated carbocycles. The maximum atomic E-state index is 12.3. The third-order valence-electron chi connectivity index (χ3n) is 3.51. The molecule has 3 N–H and O–H groups in total. The van der Waals surface area contributed by atoms with Gasteiger partial charge in [0.2, 0.25) is 5.91 Å². The number of pyridine rings is 1. The summed E-state index contributed by atoms with van der Waals surface area (Å²) in [7, 11) is 1.79. The molecule has 2 rings (SSSR count). The minimum absolute atomic E-state index is 0.148. The maximum absolute atomic E-state index is 12.3. The van der Waals surface area contributed by atoms with Gasteiger partial charge in [-0.1, -0.05) is 6.07 Å². The Morgan fingerprint density at radius 2 is 2.30 bits per heavy atom. The second-order valence-corrected chi connectivity index (χ2v) is 5.75. The molecule has 1 fully saturated rings. The molecule has 1 saturated heterocycles. The molecule has 0 aliphatic carbocycles. The molecule has 0 unspecified atom stereocenters. The normalized spacial score (nSPS) is 18.0. The van der Waals surface area contributed by atoms with Crippen molar-refractivity contribution in [3.05, 3.63) is 23.9 Å². The summed E-state index contributed by atoms with van der Waals surface area (Å²) >= 11 is 0. The highest BCUT2D eigenvalue weighted by atomic mass is 16.5. The quantitative estimate of drug-likeness (QED) is 0.797. The van der Waals surface area contributed by atoms with E-state index in [0.717, 1.165) is 5.56 Å². The van der Waals surface area contributed by atoms with E-state index in [9.17, 15) is 9.59 Å². The molecule has 1 aromatic heterocycles. The van der Waals surface area contributed by atoms with Gasteiger partial charge in [-0.2, -0.15) is 0 Å². The molecule has 0 aromatic carbocycles. The molecule has 0 spiro atoms. The monoisotopic (exact) mass is 321 g/mol. The van der Waals surface area contributed by atoms with Gasteiger partial charge in [-0.3, -0.25) is 15.0 Å². The number of primary amides is 1. The second-order valence-electron chi connectivity index (χ2n) is 5.75. The first-order valence-electron chi connectivity index (χ1n) is 7.51. The molecule has 1 atom stereocenters. The molecule has 1 aromatic rings. The summed E-state index contributed by atoms with van der Waals surface area (Å²) in [6.07, 6.45) is 1.56. The molecule has 2 heterocycles. The van der Waals surface area contributed by atoms with Gasteiger partial charge in [-0.05, 0) is 25.6 Å². The van der Waals surface area contributed by atoms with Crippen molar-refractivity contribution in [3.8, 4) is 0 Å². The fourth-order valence-electron chi connectivity index (χ4n) is 2.42. The number of morpholine rings is 1. The number of likely N-dealkylation sites (N-methyl/N-ethyl adjacent to an activating group) is 1. The molecule has 1 aliphatic rings. The van der Waals surface area contributed by atoms with Crippen LogP contribution in [-0.2, 0) is 9.53 Å². The minimum Gasteiger partial charge on any atom is -0.373 e. The Bertz CT molecular complexity index is 549. The van der Waals surface area contributed by atoms with E-state index in [0.29, 0.717) is 32.1 Å². The van der Waals surface area contributed by atoms with E-state index in [1.807, 2.05) is 13.0 Å². The van der Waals surface area contributed by atoms with E-state index in [4.69, 9.17) is 10.5 Å². The van der Waals surface area contributed by atoms with Crippen molar-refractivity contribution in [2.24, 2.45) is 5.73 Å². The summed E-state index contributed by atoms with van der Waals surface area (Å²) in [5.41, 5.74) is 6.20. The first-order chi connectivity index (χ1) is 10.9. The van der Waals surface area contributed by atoms with Gasteiger partial charge in [-0.15, -0.1) is 0 Å². The van der Waals surface area contributed by atoms with Gasteiger partial charge in [0, 0.05) is 25.8 Å². The highest BCUT2D eigenvalue weighted by Gasteiger charge is 2.25. The lowest BCUT2D eigenvalue weighted by atomic mass is 10.2. The zero-order valence-corrected chi connectivity index (χ0v) is 13.5. The van der Waals surface area contributed by atoms with Crippen molar-refractivity contribution < 1.29 is 14.3 Å². The summed E-state index contributed by atoms with van der Waals surface area (Å²) in [4.78, 5) is 30.8. The predicted octanol–water partition coefficient (Wildman–Crippen LogP) is 0.0398. The molecule has 8 heteroatoms. The Balaban J connectivity index is 1.86. The summed E-state index contributed by atoms with van der Waals surface area (Å²) in [6, 6.07) is 3.46. The number of hydrogen-bond donors (Lipinski definition) is 2. The number of amides is 3. The van der Waals surface area contributed by atoms with Crippen LogP contribution in [0.25, 0.3) is 0 Å². The SMILES string of the molecule is Cc1ccc(NC(=O)N2CCO[C@@H](CN(C)CC(N)=O)C2)nc1. The van der Waals surface area contributed by atoms with Gasteiger partial charge in [0.05, 0.1) is 19.3 Å². The molecular weight excluding hydrogens is 298 g/mol. The number of carbonyl (C=O) groups is 2. The number of aromatic nitrogens is 1. The number of ether oxygens (including phenoxy) is 1. The number of hydrogen-bond acceptors (Lipinski definition) is 5. The molecule has 126 valence electrons. The molecule has 8 nitrogen and oxygen atoms in total. The van der Waals surface area contributed by atoms with Crippen molar-refractivity contribution in [3.63, 3.8) is 0 Å². The van der Waals surface area contributed by atoms with E-state index in [-0.39, 0.29) is 24.6 Å². The highest BCUT2D eigenvalue weighted by Crippen LogP contribution is 2.10. The van der Waals surface area contributed by atoms with Gasteiger partial charge in [0.15, 0.2) is 0 Å². The number of urea groups is 1. The largest absolute Gasteiger partial charge is 0.373 e. The molecule has 23 heavy (non-hydrogen) atoms. The van der Waals surface area contributed by atoms with Crippen LogP contribution in [0.2, 0.25) is 0 Å². The van der Waals surface area contributed by atoms with Crippen LogP contribution in [0.15, 0.2) is 18.3 Å². The Morgan fingerprint density at radius 1 is 1.52 bits per heavy atom. The number of aryl methyl sites for hydroxylation is 1. The van der Waals surface area contributed by atoms with E-state index in [1.54, 1.807) is 29.1 Å². The fraction of sp³-hybridized carbons (Fsp3) is 0.533. The number of anilines is 1. The van der Waals surface area contributed by atoms with Gasteiger partial charge < -0.3 is 15.4 Å². The van der Waals surface area contributed by atoms with Crippen LogP contribution >= 0.6 is 0 Å². The Labute approximate surface area is 135 Å². The van der Waals surface area contributed by atoms with Crippen molar-refractivity contribution in [1.82, 2.24) is 14.8 Å². The van der Waals surface area contributed by atoms with E-state index in [1.165, 1.54) is 0 Å². The average molecular weight is 321 g/mol. The van der Waals surface area contributed by atoms with E-state index in [2.05, 4.69) is 10.3 Å². The first-order valence-corrected chi connectivity index (χ1v) is 7.51. The van der Waals surface area contributed by atoms with Crippen LogP contribution in [0, 0.1) is 6.92 Å². The Morgan fingerprint density at radius 3 is 2.96 bits per heavy atom. The number of nitrogens with one attached hydrogen (secondary N) is 1. The van der Waals surface area contributed by atoms with Crippen molar-refractivity contribution >= 4 is 17.8 Å².